The Labute approximate surface area is 94.1 Å². The Bertz CT molecular complexity index is 263. The molecule has 0 bridgehead atoms. The highest BCUT2D eigenvalue weighted by molar-refractivity contribution is 14.1. The summed E-state index contributed by atoms with van der Waals surface area (Å²) in [6.45, 7) is 4.19. The molecule has 1 atom stereocenters. The van der Waals surface area contributed by atoms with Crippen molar-refractivity contribution in [3.63, 3.8) is 0 Å². The Hall–Kier alpha value is 0.640. The molecule has 0 amide bonds. The van der Waals surface area contributed by atoms with E-state index in [0.717, 1.165) is 19.3 Å². The zero-order chi connectivity index (χ0) is 10.1. The van der Waals surface area contributed by atoms with Crippen LogP contribution in [0.2, 0.25) is 0 Å². The van der Waals surface area contributed by atoms with Gasteiger partial charge in [0.15, 0.2) is 0 Å². The Balaban J connectivity index is 2.80. The van der Waals surface area contributed by atoms with Crippen LogP contribution in [0.25, 0.3) is 0 Å². The first-order valence-corrected chi connectivity index (χ1v) is 7.36. The molecule has 13 heavy (non-hydrogen) atoms. The lowest BCUT2D eigenvalue weighted by Gasteiger charge is -2.32. The average Bonchev–Trinajstić information content (AvgIpc) is 2.04. The Morgan fingerprint density at radius 2 is 2.00 bits per heavy atom. The van der Waals surface area contributed by atoms with Crippen LogP contribution in [0.3, 0.4) is 0 Å². The molecule has 3 nitrogen and oxygen atoms in total. The van der Waals surface area contributed by atoms with Crippen LogP contribution in [0.4, 0.5) is 0 Å². The number of piperidine rings is 1. The molecule has 1 saturated heterocycles. The summed E-state index contributed by atoms with van der Waals surface area (Å²) >= 11 is 2.22. The first-order chi connectivity index (χ1) is 5.96. The van der Waals surface area contributed by atoms with E-state index in [4.69, 9.17) is 0 Å². The number of sulfonamides is 1. The van der Waals surface area contributed by atoms with Gasteiger partial charge in [0.25, 0.3) is 0 Å². The largest absolute Gasteiger partial charge is 0.217 e. The van der Waals surface area contributed by atoms with Crippen LogP contribution in [-0.2, 0) is 10.0 Å². The monoisotopic (exact) mass is 317 g/mol. The number of rotatable bonds is 2. The molecule has 0 spiro atoms. The van der Waals surface area contributed by atoms with Gasteiger partial charge in [-0.25, -0.2) is 8.42 Å². The standard InChI is InChI=1S/C8H16INO2S/c1-7(2)13(11,12)10-6-4-3-5-8(10)9/h7-8H,3-6H2,1-2H3. The number of hydrogen-bond donors (Lipinski definition) is 0. The van der Waals surface area contributed by atoms with Gasteiger partial charge in [0, 0.05) is 6.54 Å². The van der Waals surface area contributed by atoms with E-state index in [9.17, 15) is 8.42 Å². The predicted molar refractivity (Wildman–Crippen MR) is 62.4 cm³/mol. The van der Waals surface area contributed by atoms with Gasteiger partial charge in [-0.15, -0.1) is 0 Å². The van der Waals surface area contributed by atoms with Crippen LogP contribution in [0, 0.1) is 0 Å². The third-order valence-electron chi connectivity index (χ3n) is 2.31. The highest BCUT2D eigenvalue weighted by atomic mass is 127. The van der Waals surface area contributed by atoms with Gasteiger partial charge in [-0.1, -0.05) is 22.6 Å². The molecule has 0 aromatic carbocycles. The van der Waals surface area contributed by atoms with E-state index in [1.54, 1.807) is 18.2 Å². The highest BCUT2D eigenvalue weighted by Gasteiger charge is 2.32. The van der Waals surface area contributed by atoms with E-state index in [1.807, 2.05) is 0 Å². The summed E-state index contributed by atoms with van der Waals surface area (Å²) in [5, 5.41) is -0.289. The topological polar surface area (TPSA) is 37.4 Å². The molecule has 1 heterocycles. The lowest BCUT2D eigenvalue weighted by molar-refractivity contribution is 0.330. The highest BCUT2D eigenvalue weighted by Crippen LogP contribution is 2.26. The maximum absolute atomic E-state index is 11.8. The Kier molecular flexibility index (Phi) is 4.00. The quantitative estimate of drug-likeness (QED) is 0.444. The third kappa shape index (κ3) is 2.56. The summed E-state index contributed by atoms with van der Waals surface area (Å²) in [5.41, 5.74) is 0. The van der Waals surface area contributed by atoms with Gasteiger partial charge in [-0.05, 0) is 33.1 Å². The van der Waals surface area contributed by atoms with Crippen molar-refractivity contribution in [2.75, 3.05) is 6.54 Å². The van der Waals surface area contributed by atoms with Gasteiger partial charge in [0.2, 0.25) is 10.0 Å². The number of nitrogens with zero attached hydrogens (tertiary/aromatic N) is 1. The van der Waals surface area contributed by atoms with Crippen molar-refractivity contribution in [1.29, 1.82) is 0 Å². The summed E-state index contributed by atoms with van der Waals surface area (Å²) in [7, 11) is -3.02. The molecule has 5 heteroatoms. The summed E-state index contributed by atoms with van der Waals surface area (Å²) in [6.07, 6.45) is 3.15. The smallest absolute Gasteiger partial charge is 0.212 e. The van der Waals surface area contributed by atoms with Crippen LogP contribution in [0.5, 0.6) is 0 Å². The normalized spacial score (nSPS) is 26.6. The van der Waals surface area contributed by atoms with E-state index >= 15 is 0 Å². The fourth-order valence-electron chi connectivity index (χ4n) is 1.42. The van der Waals surface area contributed by atoms with Gasteiger partial charge in [0.05, 0.1) is 9.30 Å². The Morgan fingerprint density at radius 1 is 1.38 bits per heavy atom. The first kappa shape index (κ1) is 11.7. The van der Waals surface area contributed by atoms with E-state index in [1.165, 1.54) is 0 Å². The molecule has 0 aromatic rings. The van der Waals surface area contributed by atoms with Crippen molar-refractivity contribution in [3.05, 3.63) is 0 Å². The third-order valence-corrected chi connectivity index (χ3v) is 6.26. The van der Waals surface area contributed by atoms with Crippen LogP contribution < -0.4 is 0 Å². The second-order valence-electron chi connectivity index (χ2n) is 3.63. The molecule has 0 radical (unpaired) electrons. The molecule has 1 aliphatic heterocycles. The average molecular weight is 317 g/mol. The molecular formula is C8H16INO2S. The van der Waals surface area contributed by atoms with Gasteiger partial charge >= 0.3 is 0 Å². The summed E-state index contributed by atoms with van der Waals surface area (Å²) in [5.74, 6) is 0. The maximum Gasteiger partial charge on any atom is 0.217 e. The predicted octanol–water partition coefficient (Wildman–Crippen LogP) is 1.97. The summed E-state index contributed by atoms with van der Waals surface area (Å²) < 4.78 is 25.5. The van der Waals surface area contributed by atoms with Crippen molar-refractivity contribution in [2.24, 2.45) is 0 Å². The molecule has 1 rings (SSSR count). The maximum atomic E-state index is 11.8. The van der Waals surface area contributed by atoms with Crippen molar-refractivity contribution in [2.45, 2.75) is 42.4 Å². The van der Waals surface area contributed by atoms with Crippen LogP contribution in [-0.4, -0.2) is 28.6 Å². The van der Waals surface area contributed by atoms with Crippen molar-refractivity contribution in [1.82, 2.24) is 4.31 Å². The van der Waals surface area contributed by atoms with Gasteiger partial charge in [0.1, 0.15) is 0 Å². The molecule has 0 aromatic heterocycles. The zero-order valence-electron chi connectivity index (χ0n) is 8.03. The molecule has 0 saturated carbocycles. The van der Waals surface area contributed by atoms with E-state index in [2.05, 4.69) is 22.6 Å². The van der Waals surface area contributed by atoms with Crippen molar-refractivity contribution in [3.8, 4) is 0 Å². The molecule has 0 N–H and O–H groups in total. The number of halogens is 1. The van der Waals surface area contributed by atoms with Crippen LogP contribution in [0.15, 0.2) is 0 Å². The summed E-state index contributed by atoms with van der Waals surface area (Å²) in [6, 6.07) is 0. The minimum atomic E-state index is -3.02. The number of alkyl halides is 1. The molecule has 1 unspecified atom stereocenters. The van der Waals surface area contributed by atoms with Gasteiger partial charge in [-0.3, -0.25) is 0 Å². The SMILES string of the molecule is CC(C)S(=O)(=O)N1CCCCC1I. The first-order valence-electron chi connectivity index (χ1n) is 4.61. The van der Waals surface area contributed by atoms with E-state index < -0.39 is 10.0 Å². The molecule has 0 aliphatic carbocycles. The second-order valence-corrected chi connectivity index (χ2v) is 7.51. The molecule has 1 aliphatic rings. The fraction of sp³-hybridized carbons (Fsp3) is 1.00. The lowest BCUT2D eigenvalue weighted by atomic mass is 10.2. The van der Waals surface area contributed by atoms with Crippen molar-refractivity contribution >= 4 is 32.6 Å². The Morgan fingerprint density at radius 3 is 2.46 bits per heavy atom. The second kappa shape index (κ2) is 4.44. The zero-order valence-corrected chi connectivity index (χ0v) is 11.0. The van der Waals surface area contributed by atoms with E-state index in [-0.39, 0.29) is 9.30 Å². The van der Waals surface area contributed by atoms with Crippen LogP contribution >= 0.6 is 22.6 Å². The fourth-order valence-corrected chi connectivity index (χ4v) is 4.44. The van der Waals surface area contributed by atoms with Crippen molar-refractivity contribution < 1.29 is 8.42 Å². The minimum Gasteiger partial charge on any atom is -0.212 e. The molecule has 1 fully saturated rings. The van der Waals surface area contributed by atoms with Crippen LogP contribution in [0.1, 0.15) is 33.1 Å². The minimum absolute atomic E-state index is 0.166. The van der Waals surface area contributed by atoms with Gasteiger partial charge < -0.3 is 0 Å². The van der Waals surface area contributed by atoms with Gasteiger partial charge in [-0.2, -0.15) is 4.31 Å². The lowest BCUT2D eigenvalue weighted by Crippen LogP contribution is -2.43. The molecular weight excluding hydrogens is 301 g/mol. The number of hydrogen-bond acceptors (Lipinski definition) is 2. The summed E-state index contributed by atoms with van der Waals surface area (Å²) in [4.78, 5) is 0. The van der Waals surface area contributed by atoms with E-state index in [0.29, 0.717) is 6.54 Å². The molecule has 78 valence electrons.